The fourth-order valence-electron chi connectivity index (χ4n) is 3.49. The van der Waals surface area contributed by atoms with E-state index >= 15 is 0 Å². The van der Waals surface area contributed by atoms with Crippen molar-refractivity contribution >= 4 is 17.3 Å². The molecule has 122 valence electrons. The number of nitro benzene ring substituents is 1. The topological polar surface area (TPSA) is 102 Å². The average molecular weight is 324 g/mol. The quantitative estimate of drug-likeness (QED) is 0.651. The highest BCUT2D eigenvalue weighted by Gasteiger charge is 2.37. The molecule has 2 heterocycles. The molecule has 1 amide bonds. The lowest BCUT2D eigenvalue weighted by molar-refractivity contribution is -0.384. The minimum absolute atomic E-state index is 0.0302. The number of hydrogen-bond donors (Lipinski definition) is 2. The van der Waals surface area contributed by atoms with Crippen molar-refractivity contribution in [3.8, 4) is 0 Å². The van der Waals surface area contributed by atoms with Crippen molar-refractivity contribution in [2.45, 2.75) is 18.6 Å². The molecule has 7 nitrogen and oxygen atoms in total. The van der Waals surface area contributed by atoms with E-state index in [4.69, 9.17) is 5.73 Å². The van der Waals surface area contributed by atoms with Crippen LogP contribution < -0.4 is 16.0 Å². The number of anilines is 1. The molecule has 2 aromatic rings. The molecular weight excluding hydrogens is 308 g/mol. The van der Waals surface area contributed by atoms with E-state index in [0.29, 0.717) is 12.1 Å². The molecule has 3 N–H and O–H groups in total. The van der Waals surface area contributed by atoms with Crippen LogP contribution in [-0.4, -0.2) is 17.4 Å². The summed E-state index contributed by atoms with van der Waals surface area (Å²) in [6.45, 7) is 0.715. The highest BCUT2D eigenvalue weighted by molar-refractivity contribution is 6.03. The number of carbonyl (C=O) groups excluding carboxylic acids is 1. The summed E-state index contributed by atoms with van der Waals surface area (Å²) in [5.41, 5.74) is 9.52. The molecule has 7 heteroatoms. The Bertz CT molecular complexity index is 834. The first-order valence-electron chi connectivity index (χ1n) is 7.76. The maximum Gasteiger partial charge on any atom is 0.269 e. The van der Waals surface area contributed by atoms with Crippen LogP contribution in [0.3, 0.4) is 0 Å². The maximum absolute atomic E-state index is 12.5. The second kappa shape index (κ2) is 5.31. The smallest absolute Gasteiger partial charge is 0.269 e. The minimum Gasteiger partial charge on any atom is -0.346 e. The molecule has 0 unspecified atom stereocenters. The first-order chi connectivity index (χ1) is 11.6. The summed E-state index contributed by atoms with van der Waals surface area (Å²) in [7, 11) is 0. The molecule has 0 radical (unpaired) electrons. The van der Waals surface area contributed by atoms with E-state index in [0.717, 1.165) is 23.2 Å². The summed E-state index contributed by atoms with van der Waals surface area (Å²) in [4.78, 5) is 25.0. The molecule has 2 aliphatic heterocycles. The third kappa shape index (κ3) is 2.13. The fourth-order valence-corrected chi connectivity index (χ4v) is 3.49. The second-order valence-electron chi connectivity index (χ2n) is 6.06. The SMILES string of the molecule is N[C@@H]1CCN2c3c(cccc31)C(=O)N[C@@H]2c1ccc([N+](=O)[O-])cc1. The van der Waals surface area contributed by atoms with Gasteiger partial charge in [0.05, 0.1) is 16.2 Å². The van der Waals surface area contributed by atoms with Gasteiger partial charge in [0.2, 0.25) is 0 Å². The van der Waals surface area contributed by atoms with Crippen LogP contribution in [0.2, 0.25) is 0 Å². The Morgan fingerprint density at radius 2 is 1.96 bits per heavy atom. The molecule has 0 spiro atoms. The first-order valence-corrected chi connectivity index (χ1v) is 7.76. The van der Waals surface area contributed by atoms with E-state index < -0.39 is 4.92 Å². The molecule has 0 saturated carbocycles. The van der Waals surface area contributed by atoms with Gasteiger partial charge in [0.25, 0.3) is 11.6 Å². The van der Waals surface area contributed by atoms with E-state index in [2.05, 4.69) is 10.2 Å². The predicted molar refractivity (Wildman–Crippen MR) is 88.6 cm³/mol. The zero-order valence-electron chi connectivity index (χ0n) is 12.8. The van der Waals surface area contributed by atoms with E-state index in [1.54, 1.807) is 18.2 Å². The largest absolute Gasteiger partial charge is 0.346 e. The Morgan fingerprint density at radius 1 is 1.21 bits per heavy atom. The van der Waals surface area contributed by atoms with Gasteiger partial charge in [-0.05, 0) is 35.7 Å². The lowest BCUT2D eigenvalue weighted by Crippen LogP contribution is -2.49. The van der Waals surface area contributed by atoms with Crippen LogP contribution in [0.4, 0.5) is 11.4 Å². The number of non-ortho nitro benzene ring substituents is 1. The molecule has 4 rings (SSSR count). The third-order valence-electron chi connectivity index (χ3n) is 4.68. The highest BCUT2D eigenvalue weighted by Crippen LogP contribution is 2.42. The second-order valence-corrected chi connectivity index (χ2v) is 6.06. The normalized spacial score (nSPS) is 21.9. The lowest BCUT2D eigenvalue weighted by Gasteiger charge is -2.44. The minimum atomic E-state index is -0.434. The standard InChI is InChI=1S/C17H16N4O3/c18-14-8-9-20-15-12(14)2-1-3-13(15)17(22)19-16(20)10-4-6-11(7-5-10)21(23)24/h1-7,14,16H,8-9,18H2,(H,19,22)/t14-,16+/m1/s1. The van der Waals surface area contributed by atoms with Crippen molar-refractivity contribution < 1.29 is 9.72 Å². The van der Waals surface area contributed by atoms with Crippen LogP contribution in [0.1, 0.15) is 40.1 Å². The molecule has 0 bridgehead atoms. The number of nitrogens with one attached hydrogen (secondary N) is 1. The summed E-state index contributed by atoms with van der Waals surface area (Å²) in [6, 6.07) is 11.8. The number of hydrogen-bond acceptors (Lipinski definition) is 5. The third-order valence-corrected chi connectivity index (χ3v) is 4.68. The van der Waals surface area contributed by atoms with E-state index in [9.17, 15) is 14.9 Å². The van der Waals surface area contributed by atoms with E-state index in [1.807, 2.05) is 12.1 Å². The highest BCUT2D eigenvalue weighted by atomic mass is 16.6. The molecular formula is C17H16N4O3. The zero-order chi connectivity index (χ0) is 16.8. The molecule has 0 aromatic heterocycles. The molecule has 24 heavy (non-hydrogen) atoms. The number of rotatable bonds is 2. The van der Waals surface area contributed by atoms with Crippen LogP contribution in [0.25, 0.3) is 0 Å². The number of nitrogens with zero attached hydrogens (tertiary/aromatic N) is 2. The van der Waals surface area contributed by atoms with Gasteiger partial charge in [-0.3, -0.25) is 14.9 Å². The molecule has 2 aromatic carbocycles. The van der Waals surface area contributed by atoms with Gasteiger partial charge in [0.15, 0.2) is 0 Å². The number of amides is 1. The van der Waals surface area contributed by atoms with Crippen LogP contribution in [-0.2, 0) is 0 Å². The summed E-state index contributed by atoms with van der Waals surface area (Å²) < 4.78 is 0. The molecule has 0 fully saturated rings. The Hall–Kier alpha value is -2.93. The van der Waals surface area contributed by atoms with Gasteiger partial charge in [-0.25, -0.2) is 0 Å². The van der Waals surface area contributed by atoms with Crippen molar-refractivity contribution in [3.63, 3.8) is 0 Å². The predicted octanol–water partition coefficient (Wildman–Crippen LogP) is 2.25. The molecule has 2 atom stereocenters. The average Bonchev–Trinajstić information content (AvgIpc) is 2.60. The number of carbonyl (C=O) groups is 1. The van der Waals surface area contributed by atoms with Gasteiger partial charge in [-0.2, -0.15) is 0 Å². The fraction of sp³-hybridized carbons (Fsp3) is 0.235. The van der Waals surface area contributed by atoms with Gasteiger partial charge in [0, 0.05) is 24.7 Å². The maximum atomic E-state index is 12.5. The Kier molecular flexibility index (Phi) is 3.24. The lowest BCUT2D eigenvalue weighted by atomic mass is 9.90. The zero-order valence-corrected chi connectivity index (χ0v) is 12.8. The number of nitrogens with two attached hydrogens (primary N) is 1. The Balaban J connectivity index is 1.79. The van der Waals surface area contributed by atoms with Gasteiger partial charge in [-0.1, -0.05) is 12.1 Å². The van der Waals surface area contributed by atoms with Crippen molar-refractivity contribution in [2.75, 3.05) is 11.4 Å². The van der Waals surface area contributed by atoms with Crippen molar-refractivity contribution in [1.29, 1.82) is 0 Å². The molecule has 2 aliphatic rings. The van der Waals surface area contributed by atoms with Crippen molar-refractivity contribution in [2.24, 2.45) is 5.73 Å². The van der Waals surface area contributed by atoms with Crippen molar-refractivity contribution in [1.82, 2.24) is 5.32 Å². The Morgan fingerprint density at radius 3 is 2.67 bits per heavy atom. The van der Waals surface area contributed by atoms with Crippen LogP contribution in [0, 0.1) is 10.1 Å². The van der Waals surface area contributed by atoms with Gasteiger partial charge < -0.3 is 16.0 Å². The van der Waals surface area contributed by atoms with Crippen LogP contribution in [0.5, 0.6) is 0 Å². The molecule has 0 saturated heterocycles. The van der Waals surface area contributed by atoms with Gasteiger partial charge >= 0.3 is 0 Å². The van der Waals surface area contributed by atoms with E-state index in [-0.39, 0.29) is 23.8 Å². The summed E-state index contributed by atoms with van der Waals surface area (Å²) in [5, 5.41) is 13.8. The van der Waals surface area contributed by atoms with Crippen LogP contribution >= 0.6 is 0 Å². The number of nitro groups is 1. The van der Waals surface area contributed by atoms with Crippen LogP contribution in [0.15, 0.2) is 42.5 Å². The Labute approximate surface area is 138 Å². The van der Waals surface area contributed by atoms with Crippen molar-refractivity contribution in [3.05, 3.63) is 69.3 Å². The summed E-state index contributed by atoms with van der Waals surface area (Å²) in [5.74, 6) is -0.152. The monoisotopic (exact) mass is 324 g/mol. The number of benzene rings is 2. The summed E-state index contributed by atoms with van der Waals surface area (Å²) in [6.07, 6.45) is 0.440. The van der Waals surface area contributed by atoms with Gasteiger partial charge in [-0.15, -0.1) is 0 Å². The van der Waals surface area contributed by atoms with E-state index in [1.165, 1.54) is 12.1 Å². The first kappa shape index (κ1) is 14.6. The summed E-state index contributed by atoms with van der Waals surface area (Å²) >= 11 is 0. The van der Waals surface area contributed by atoms with Gasteiger partial charge in [0.1, 0.15) is 6.17 Å². The molecule has 0 aliphatic carbocycles. The number of para-hydroxylation sites is 1.